The molecule has 0 N–H and O–H groups in total. The summed E-state index contributed by atoms with van der Waals surface area (Å²) in [6.07, 6.45) is 0.276. The molecule has 0 radical (unpaired) electrons. The van der Waals surface area contributed by atoms with Gasteiger partial charge in [0.15, 0.2) is 0 Å². The first-order valence-corrected chi connectivity index (χ1v) is 10.5. The number of carbonyl (C=O) groups is 1. The van der Waals surface area contributed by atoms with Gasteiger partial charge in [-0.3, -0.25) is 8.98 Å². The normalized spacial score (nSPS) is 12.3. The van der Waals surface area contributed by atoms with Crippen LogP contribution >= 0.6 is 0 Å². The molecule has 0 heterocycles. The number of ether oxygens (including phenoxy) is 3. The maximum Gasteiger partial charge on any atom is 0.306 e. The number of rotatable bonds is 10. The molecular formula is C21H26O7S. The molecule has 0 aromatic heterocycles. The van der Waals surface area contributed by atoms with Gasteiger partial charge in [-0.2, -0.15) is 8.42 Å². The molecule has 0 aliphatic heterocycles. The number of hydrogen-bond acceptors (Lipinski definition) is 7. The van der Waals surface area contributed by atoms with Gasteiger partial charge in [0.25, 0.3) is 10.1 Å². The first kappa shape index (κ1) is 22.7. The average molecular weight is 422 g/mol. The molecule has 158 valence electrons. The molecule has 7 nitrogen and oxygen atoms in total. The van der Waals surface area contributed by atoms with Gasteiger partial charge in [0.2, 0.25) is 0 Å². The third kappa shape index (κ3) is 5.95. The zero-order valence-corrected chi connectivity index (χ0v) is 17.8. The van der Waals surface area contributed by atoms with E-state index in [2.05, 4.69) is 0 Å². The fraction of sp³-hybridized carbons (Fsp3) is 0.381. The minimum absolute atomic E-state index is 0.0289. The predicted molar refractivity (Wildman–Crippen MR) is 108 cm³/mol. The summed E-state index contributed by atoms with van der Waals surface area (Å²) in [6.45, 7) is 1.76. The van der Waals surface area contributed by atoms with Gasteiger partial charge in [0.1, 0.15) is 11.5 Å². The molecule has 0 aliphatic rings. The highest BCUT2D eigenvalue weighted by atomic mass is 32.2. The number of hydrogen-bond donors (Lipinski definition) is 0. The first-order valence-electron chi connectivity index (χ1n) is 9.06. The molecular weight excluding hydrogens is 396 g/mol. The Morgan fingerprint density at radius 1 is 0.966 bits per heavy atom. The summed E-state index contributed by atoms with van der Waals surface area (Å²) in [5.74, 6) is 0.241. The van der Waals surface area contributed by atoms with Gasteiger partial charge in [-0.15, -0.1) is 0 Å². The SMILES string of the molecule is COC(=O)CC(CCOS(=O)(=O)c1ccc(C)cc1)c1c(OC)cccc1OC. The van der Waals surface area contributed by atoms with Gasteiger partial charge < -0.3 is 14.2 Å². The zero-order chi connectivity index (χ0) is 21.4. The van der Waals surface area contributed by atoms with Crippen LogP contribution < -0.4 is 9.47 Å². The molecule has 8 heteroatoms. The Bertz CT molecular complexity index is 898. The molecule has 2 aromatic rings. The van der Waals surface area contributed by atoms with Gasteiger partial charge in [0, 0.05) is 11.5 Å². The topological polar surface area (TPSA) is 88.1 Å². The van der Waals surface area contributed by atoms with Crippen LogP contribution in [0, 0.1) is 6.92 Å². The van der Waals surface area contributed by atoms with Crippen molar-refractivity contribution in [1.82, 2.24) is 0 Å². The summed E-state index contributed by atoms with van der Waals surface area (Å²) in [7, 11) is 0.443. The Hall–Kier alpha value is -2.58. The second-order valence-electron chi connectivity index (χ2n) is 6.43. The second-order valence-corrected chi connectivity index (χ2v) is 8.05. The summed E-state index contributed by atoms with van der Waals surface area (Å²) < 4.78 is 45.7. The lowest BCUT2D eigenvalue weighted by molar-refractivity contribution is -0.141. The minimum atomic E-state index is -3.90. The maximum absolute atomic E-state index is 12.4. The third-order valence-corrected chi connectivity index (χ3v) is 5.86. The van der Waals surface area contributed by atoms with E-state index in [4.69, 9.17) is 18.4 Å². The highest BCUT2D eigenvalue weighted by Crippen LogP contribution is 2.39. The van der Waals surface area contributed by atoms with E-state index in [-0.39, 0.29) is 24.3 Å². The highest BCUT2D eigenvalue weighted by Gasteiger charge is 2.25. The van der Waals surface area contributed by atoms with Crippen molar-refractivity contribution in [2.24, 2.45) is 0 Å². The largest absolute Gasteiger partial charge is 0.496 e. The van der Waals surface area contributed by atoms with Crippen LogP contribution in [0.3, 0.4) is 0 Å². The van der Waals surface area contributed by atoms with Gasteiger partial charge >= 0.3 is 5.97 Å². The molecule has 2 rings (SSSR count). The third-order valence-electron chi connectivity index (χ3n) is 4.53. The van der Waals surface area contributed by atoms with Crippen LogP contribution in [0.4, 0.5) is 0 Å². The quantitative estimate of drug-likeness (QED) is 0.428. The summed E-state index contributed by atoms with van der Waals surface area (Å²) in [6, 6.07) is 11.7. The highest BCUT2D eigenvalue weighted by molar-refractivity contribution is 7.86. The van der Waals surface area contributed by atoms with Gasteiger partial charge in [-0.25, -0.2) is 0 Å². The first-order chi connectivity index (χ1) is 13.8. The smallest absolute Gasteiger partial charge is 0.306 e. The van der Waals surface area contributed by atoms with Gasteiger partial charge in [-0.1, -0.05) is 23.8 Å². The molecule has 29 heavy (non-hydrogen) atoms. The summed E-state index contributed by atoms with van der Waals surface area (Å²) in [4.78, 5) is 12.0. The van der Waals surface area contributed by atoms with Crippen LogP contribution in [0.15, 0.2) is 47.4 Å². The minimum Gasteiger partial charge on any atom is -0.496 e. The Kier molecular flexibility index (Phi) is 8.04. The van der Waals surface area contributed by atoms with Crippen molar-refractivity contribution < 1.29 is 31.6 Å². The van der Waals surface area contributed by atoms with Crippen molar-refractivity contribution >= 4 is 16.1 Å². The number of methoxy groups -OCH3 is 3. The Morgan fingerprint density at radius 3 is 2.07 bits per heavy atom. The molecule has 0 aliphatic carbocycles. The molecule has 1 atom stereocenters. The summed E-state index contributed by atoms with van der Waals surface area (Å²) in [5.41, 5.74) is 1.62. The summed E-state index contributed by atoms with van der Waals surface area (Å²) >= 11 is 0. The molecule has 1 unspecified atom stereocenters. The molecule has 0 saturated carbocycles. The maximum atomic E-state index is 12.4. The van der Waals surface area contributed by atoms with Crippen molar-refractivity contribution in [3.05, 3.63) is 53.6 Å². The number of carbonyl (C=O) groups excluding carboxylic acids is 1. The standard InChI is InChI=1S/C21H26O7S/c1-15-8-10-17(11-9-15)29(23,24)28-13-12-16(14-20(22)27-4)21-18(25-2)6-5-7-19(21)26-3/h5-11,16H,12-14H2,1-4H3. The molecule has 0 spiro atoms. The monoisotopic (exact) mass is 422 g/mol. The Balaban J connectivity index is 2.22. The van der Waals surface area contributed by atoms with Crippen LogP contribution in [0.25, 0.3) is 0 Å². The van der Waals surface area contributed by atoms with Crippen LogP contribution in [0.5, 0.6) is 11.5 Å². The fourth-order valence-electron chi connectivity index (χ4n) is 2.99. The number of benzene rings is 2. The van der Waals surface area contributed by atoms with Crippen LogP contribution in [-0.4, -0.2) is 42.3 Å². The second kappa shape index (κ2) is 10.3. The Labute approximate surface area is 171 Å². The molecule has 2 aromatic carbocycles. The van der Waals surface area contributed by atoms with Crippen LogP contribution in [0.1, 0.15) is 29.9 Å². The van der Waals surface area contributed by atoms with E-state index in [0.29, 0.717) is 17.1 Å². The van der Waals surface area contributed by atoms with Gasteiger partial charge in [-0.05, 0) is 37.6 Å². The number of esters is 1. The van der Waals surface area contributed by atoms with E-state index in [1.165, 1.54) is 33.5 Å². The molecule has 0 amide bonds. The lowest BCUT2D eigenvalue weighted by Crippen LogP contribution is -2.15. The van der Waals surface area contributed by atoms with Crippen LogP contribution in [0.2, 0.25) is 0 Å². The number of aryl methyl sites for hydroxylation is 1. The van der Waals surface area contributed by atoms with E-state index in [0.717, 1.165) is 5.56 Å². The van der Waals surface area contributed by atoms with E-state index < -0.39 is 22.0 Å². The fourth-order valence-corrected chi connectivity index (χ4v) is 3.91. The van der Waals surface area contributed by atoms with Crippen molar-refractivity contribution in [1.29, 1.82) is 0 Å². The predicted octanol–water partition coefficient (Wildman–Crippen LogP) is 3.45. The van der Waals surface area contributed by atoms with Crippen molar-refractivity contribution in [2.75, 3.05) is 27.9 Å². The summed E-state index contributed by atoms with van der Waals surface area (Å²) in [5, 5.41) is 0. The molecule has 0 fully saturated rings. The molecule has 0 bridgehead atoms. The lowest BCUT2D eigenvalue weighted by Gasteiger charge is -2.21. The van der Waals surface area contributed by atoms with Crippen LogP contribution in [-0.2, 0) is 23.8 Å². The Morgan fingerprint density at radius 2 is 1.55 bits per heavy atom. The van der Waals surface area contributed by atoms with Crippen molar-refractivity contribution in [2.45, 2.75) is 30.6 Å². The van der Waals surface area contributed by atoms with E-state index in [1.807, 2.05) is 6.92 Å². The van der Waals surface area contributed by atoms with E-state index in [1.54, 1.807) is 30.3 Å². The van der Waals surface area contributed by atoms with E-state index >= 15 is 0 Å². The van der Waals surface area contributed by atoms with E-state index in [9.17, 15) is 13.2 Å². The zero-order valence-electron chi connectivity index (χ0n) is 17.0. The molecule has 0 saturated heterocycles. The van der Waals surface area contributed by atoms with Gasteiger partial charge in [0.05, 0.1) is 39.3 Å². The lowest BCUT2D eigenvalue weighted by atomic mass is 9.91. The van der Waals surface area contributed by atoms with Crippen molar-refractivity contribution in [3.63, 3.8) is 0 Å². The average Bonchev–Trinajstić information content (AvgIpc) is 2.72. The van der Waals surface area contributed by atoms with Crippen molar-refractivity contribution in [3.8, 4) is 11.5 Å².